The fourth-order valence-electron chi connectivity index (χ4n) is 2.44. The molecular formula is C13H26N2O2. The number of amides is 1. The molecule has 1 amide bonds. The third-order valence-corrected chi connectivity index (χ3v) is 3.72. The molecule has 1 saturated carbocycles. The molecule has 0 spiro atoms. The highest BCUT2D eigenvalue weighted by Crippen LogP contribution is 2.32. The van der Waals surface area contributed by atoms with E-state index in [0.717, 1.165) is 19.3 Å². The Hall–Kier alpha value is -0.770. The second kappa shape index (κ2) is 6.24. The molecule has 0 aromatic heterocycles. The summed E-state index contributed by atoms with van der Waals surface area (Å²) in [6, 6.07) is 0. The third-order valence-electron chi connectivity index (χ3n) is 3.72. The van der Waals surface area contributed by atoms with Gasteiger partial charge in [0, 0.05) is 6.54 Å². The van der Waals surface area contributed by atoms with E-state index in [9.17, 15) is 4.79 Å². The molecule has 0 aliphatic heterocycles. The van der Waals surface area contributed by atoms with Crippen molar-refractivity contribution in [3.63, 3.8) is 0 Å². The van der Waals surface area contributed by atoms with Gasteiger partial charge in [0.25, 0.3) is 0 Å². The average molecular weight is 242 g/mol. The number of alkyl carbamates (subject to hydrolysis) is 1. The summed E-state index contributed by atoms with van der Waals surface area (Å²) in [5.74, 6) is 0.784. The maximum absolute atomic E-state index is 11.7. The van der Waals surface area contributed by atoms with Crippen molar-refractivity contribution in [2.45, 2.75) is 52.0 Å². The van der Waals surface area contributed by atoms with Gasteiger partial charge in [0.1, 0.15) is 0 Å². The first-order valence-corrected chi connectivity index (χ1v) is 6.65. The zero-order chi connectivity index (χ0) is 12.9. The Morgan fingerprint density at radius 1 is 1.53 bits per heavy atom. The summed E-state index contributed by atoms with van der Waals surface area (Å²) in [5.41, 5.74) is 5.60. The van der Waals surface area contributed by atoms with Crippen LogP contribution in [0.2, 0.25) is 0 Å². The number of rotatable bonds is 4. The normalized spacial score (nSPS) is 29.1. The van der Waals surface area contributed by atoms with Gasteiger partial charge in [-0.3, -0.25) is 0 Å². The van der Waals surface area contributed by atoms with E-state index in [1.807, 2.05) is 13.8 Å². The van der Waals surface area contributed by atoms with E-state index in [-0.39, 0.29) is 11.6 Å². The van der Waals surface area contributed by atoms with Crippen molar-refractivity contribution in [3.8, 4) is 0 Å². The zero-order valence-electron chi connectivity index (χ0n) is 11.3. The van der Waals surface area contributed by atoms with Gasteiger partial charge < -0.3 is 15.8 Å². The minimum absolute atomic E-state index is 0.258. The second-order valence-electron chi connectivity index (χ2n) is 5.62. The molecule has 0 saturated heterocycles. The van der Waals surface area contributed by atoms with Gasteiger partial charge in [-0.05, 0) is 24.7 Å². The number of ether oxygens (including phenoxy) is 1. The molecular weight excluding hydrogens is 216 g/mol. The molecule has 1 aliphatic carbocycles. The van der Waals surface area contributed by atoms with E-state index in [1.165, 1.54) is 6.42 Å². The van der Waals surface area contributed by atoms with Crippen molar-refractivity contribution in [2.24, 2.45) is 17.6 Å². The van der Waals surface area contributed by atoms with Gasteiger partial charge in [-0.1, -0.05) is 33.6 Å². The molecule has 2 unspecified atom stereocenters. The molecule has 1 aliphatic rings. The van der Waals surface area contributed by atoms with Crippen molar-refractivity contribution in [1.29, 1.82) is 0 Å². The molecule has 4 nitrogen and oxygen atoms in total. The Labute approximate surface area is 104 Å². The monoisotopic (exact) mass is 242 g/mol. The first-order chi connectivity index (χ1) is 8.00. The lowest BCUT2D eigenvalue weighted by atomic mass is 9.74. The number of nitrogens with one attached hydrogen (secondary N) is 1. The van der Waals surface area contributed by atoms with Gasteiger partial charge in [0.05, 0.1) is 12.1 Å². The first kappa shape index (κ1) is 14.3. The summed E-state index contributed by atoms with van der Waals surface area (Å²) >= 11 is 0. The molecule has 1 fully saturated rings. The van der Waals surface area contributed by atoms with E-state index in [1.54, 1.807) is 0 Å². The Morgan fingerprint density at radius 2 is 2.24 bits per heavy atom. The predicted octanol–water partition coefficient (Wildman–Crippen LogP) is 2.28. The molecule has 2 atom stereocenters. The number of nitrogens with two attached hydrogens (primary N) is 1. The lowest BCUT2D eigenvalue weighted by Crippen LogP contribution is -2.59. The lowest BCUT2D eigenvalue weighted by Gasteiger charge is -2.42. The Bertz CT molecular complexity index is 256. The standard InChI is InChI=1S/C13H26N2O2/c1-10(2)8-17-12(16)15-13(9-14)7-5-4-6-11(13)3/h10-11H,4-9,14H2,1-3H3,(H,15,16). The van der Waals surface area contributed by atoms with Crippen molar-refractivity contribution < 1.29 is 9.53 Å². The van der Waals surface area contributed by atoms with Crippen LogP contribution in [0.4, 0.5) is 4.79 Å². The van der Waals surface area contributed by atoms with Crippen LogP contribution in [0.5, 0.6) is 0 Å². The highest BCUT2D eigenvalue weighted by molar-refractivity contribution is 5.68. The van der Waals surface area contributed by atoms with Gasteiger partial charge in [0.15, 0.2) is 0 Å². The van der Waals surface area contributed by atoms with Crippen LogP contribution in [0.3, 0.4) is 0 Å². The predicted molar refractivity (Wildman–Crippen MR) is 68.7 cm³/mol. The van der Waals surface area contributed by atoms with Crippen LogP contribution in [-0.4, -0.2) is 24.8 Å². The van der Waals surface area contributed by atoms with Gasteiger partial charge in [0.2, 0.25) is 0 Å². The summed E-state index contributed by atoms with van der Waals surface area (Å²) < 4.78 is 5.18. The molecule has 0 heterocycles. The summed E-state index contributed by atoms with van der Waals surface area (Å²) in [7, 11) is 0. The molecule has 0 aromatic carbocycles. The Kier molecular flexibility index (Phi) is 5.25. The zero-order valence-corrected chi connectivity index (χ0v) is 11.3. The topological polar surface area (TPSA) is 64.3 Å². The smallest absolute Gasteiger partial charge is 0.407 e. The molecule has 0 aromatic rings. The molecule has 17 heavy (non-hydrogen) atoms. The van der Waals surface area contributed by atoms with E-state index < -0.39 is 0 Å². The SMILES string of the molecule is CC(C)COC(=O)NC1(CN)CCCCC1C. The van der Waals surface area contributed by atoms with Gasteiger partial charge >= 0.3 is 6.09 Å². The summed E-state index contributed by atoms with van der Waals surface area (Å²) in [4.78, 5) is 11.7. The largest absolute Gasteiger partial charge is 0.449 e. The molecule has 1 rings (SSSR count). The van der Waals surface area contributed by atoms with Crippen LogP contribution in [0.1, 0.15) is 46.5 Å². The third kappa shape index (κ3) is 3.87. The maximum Gasteiger partial charge on any atom is 0.407 e. The molecule has 0 bridgehead atoms. The highest BCUT2D eigenvalue weighted by Gasteiger charge is 2.38. The number of carbonyl (C=O) groups excluding carboxylic acids is 1. The molecule has 100 valence electrons. The average Bonchev–Trinajstić information content (AvgIpc) is 2.30. The van der Waals surface area contributed by atoms with E-state index >= 15 is 0 Å². The van der Waals surface area contributed by atoms with E-state index in [2.05, 4.69) is 12.2 Å². The number of hydrogen-bond acceptors (Lipinski definition) is 3. The van der Waals surface area contributed by atoms with Crippen molar-refractivity contribution in [1.82, 2.24) is 5.32 Å². The van der Waals surface area contributed by atoms with E-state index in [0.29, 0.717) is 25.0 Å². The van der Waals surface area contributed by atoms with Gasteiger partial charge in [-0.15, -0.1) is 0 Å². The highest BCUT2D eigenvalue weighted by atomic mass is 16.5. The molecule has 0 radical (unpaired) electrons. The van der Waals surface area contributed by atoms with Crippen LogP contribution in [0.25, 0.3) is 0 Å². The maximum atomic E-state index is 11.7. The van der Waals surface area contributed by atoms with Crippen LogP contribution in [0, 0.1) is 11.8 Å². The minimum Gasteiger partial charge on any atom is -0.449 e. The van der Waals surface area contributed by atoms with E-state index in [4.69, 9.17) is 10.5 Å². The first-order valence-electron chi connectivity index (χ1n) is 6.65. The van der Waals surface area contributed by atoms with Crippen LogP contribution >= 0.6 is 0 Å². The Balaban J connectivity index is 2.52. The lowest BCUT2D eigenvalue weighted by molar-refractivity contribution is 0.0988. The molecule has 3 N–H and O–H groups in total. The summed E-state index contributed by atoms with van der Waals surface area (Å²) in [5, 5.41) is 3.00. The molecule has 4 heteroatoms. The van der Waals surface area contributed by atoms with Gasteiger partial charge in [-0.2, -0.15) is 0 Å². The van der Waals surface area contributed by atoms with Gasteiger partial charge in [-0.25, -0.2) is 4.79 Å². The number of hydrogen-bond donors (Lipinski definition) is 2. The van der Waals surface area contributed by atoms with Crippen molar-refractivity contribution >= 4 is 6.09 Å². The Morgan fingerprint density at radius 3 is 2.76 bits per heavy atom. The second-order valence-corrected chi connectivity index (χ2v) is 5.62. The fourth-order valence-corrected chi connectivity index (χ4v) is 2.44. The quantitative estimate of drug-likeness (QED) is 0.795. The van der Waals surface area contributed by atoms with Crippen LogP contribution in [0.15, 0.2) is 0 Å². The van der Waals surface area contributed by atoms with Crippen molar-refractivity contribution in [3.05, 3.63) is 0 Å². The van der Waals surface area contributed by atoms with Crippen LogP contribution < -0.4 is 11.1 Å². The van der Waals surface area contributed by atoms with Crippen LogP contribution in [-0.2, 0) is 4.74 Å². The number of carbonyl (C=O) groups is 1. The van der Waals surface area contributed by atoms with Crippen molar-refractivity contribution in [2.75, 3.05) is 13.2 Å². The summed E-state index contributed by atoms with van der Waals surface area (Å²) in [6.45, 7) is 7.16. The summed E-state index contributed by atoms with van der Waals surface area (Å²) in [6.07, 6.45) is 4.12. The minimum atomic E-state index is -0.321. The fraction of sp³-hybridized carbons (Fsp3) is 0.923.